The lowest BCUT2D eigenvalue weighted by molar-refractivity contribution is -0.127. The molecule has 0 bridgehead atoms. The first-order chi connectivity index (χ1) is 21.5. The van der Waals surface area contributed by atoms with Crippen LogP contribution in [-0.4, -0.2) is 111 Å². The number of methoxy groups -OCH3 is 2. The van der Waals surface area contributed by atoms with Gasteiger partial charge in [-0.05, 0) is 61.3 Å². The van der Waals surface area contributed by atoms with Crippen LogP contribution in [0.4, 0.5) is 4.79 Å². The molecule has 2 aliphatic rings. The maximum atomic E-state index is 12.4. The summed E-state index contributed by atoms with van der Waals surface area (Å²) in [5.41, 5.74) is 2.39. The molecule has 0 aliphatic carbocycles. The van der Waals surface area contributed by atoms with Crippen LogP contribution < -0.4 is 5.48 Å². The molecular weight excluding hydrogens is 626 g/mol. The van der Waals surface area contributed by atoms with Gasteiger partial charge < -0.3 is 42.2 Å². The number of nitriles is 1. The zero-order valence-corrected chi connectivity index (χ0v) is 30.3. The Hall–Kier alpha value is -1.20. The zero-order valence-electron chi connectivity index (χ0n) is 28.5. The number of hydrogen-bond donors (Lipinski definition) is 2. The van der Waals surface area contributed by atoms with Gasteiger partial charge in [0.05, 0.1) is 57.8 Å². The molecule has 0 aromatic carbocycles. The number of allylic oxidation sites excluding steroid dienone is 1. The van der Waals surface area contributed by atoms with Crippen molar-refractivity contribution < 1.29 is 47.0 Å². The number of carbonyl (C=O) groups is 1. The van der Waals surface area contributed by atoms with Crippen molar-refractivity contribution in [1.29, 1.82) is 5.26 Å². The number of ether oxygens (including phenoxy) is 4. The van der Waals surface area contributed by atoms with Gasteiger partial charge in [-0.2, -0.15) is 10.7 Å². The average molecular weight is 683 g/mol. The second kappa shape index (κ2) is 24.0. The molecular formula is C29H56N4O10P2. The third kappa shape index (κ3) is 16.0. The van der Waals surface area contributed by atoms with E-state index >= 15 is 0 Å². The normalized spacial score (nSPS) is 20.8. The van der Waals surface area contributed by atoms with Gasteiger partial charge in [-0.3, -0.25) is 4.90 Å². The Morgan fingerprint density at radius 3 is 2.29 bits per heavy atom. The molecule has 0 aromatic rings. The van der Waals surface area contributed by atoms with E-state index in [1.807, 2.05) is 52.3 Å². The van der Waals surface area contributed by atoms with Crippen molar-refractivity contribution in [3.05, 3.63) is 12.0 Å². The monoisotopic (exact) mass is 682 g/mol. The molecule has 1 fully saturated rings. The Balaban J connectivity index is 0.000000609. The Labute approximate surface area is 272 Å². The molecule has 45 heavy (non-hydrogen) atoms. The molecule has 262 valence electrons. The summed E-state index contributed by atoms with van der Waals surface area (Å²) in [7, 11) is 0.813. The number of amides is 2. The number of hydroxylamine groups is 1. The van der Waals surface area contributed by atoms with Crippen LogP contribution in [0.15, 0.2) is 12.0 Å². The van der Waals surface area contributed by atoms with Gasteiger partial charge in [0, 0.05) is 38.9 Å². The molecule has 4 atom stereocenters. The first-order valence-electron chi connectivity index (χ1n) is 15.5. The van der Waals surface area contributed by atoms with E-state index in [0.29, 0.717) is 51.6 Å². The first kappa shape index (κ1) is 41.8. The van der Waals surface area contributed by atoms with Crippen molar-refractivity contribution >= 4 is 22.9 Å². The van der Waals surface area contributed by atoms with Crippen LogP contribution in [0.5, 0.6) is 0 Å². The number of hydrogen-bond acceptors (Lipinski definition) is 12. The van der Waals surface area contributed by atoms with Gasteiger partial charge >= 0.3 is 6.03 Å². The highest BCUT2D eigenvalue weighted by atomic mass is 31.2. The van der Waals surface area contributed by atoms with E-state index in [9.17, 15) is 9.69 Å². The van der Waals surface area contributed by atoms with Gasteiger partial charge in [-0.1, -0.05) is 0 Å². The van der Waals surface area contributed by atoms with E-state index in [1.165, 1.54) is 4.90 Å². The largest absolute Gasteiger partial charge is 0.382 e. The minimum absolute atomic E-state index is 0.0507. The molecule has 2 rings (SSSR count). The highest BCUT2D eigenvalue weighted by molar-refractivity contribution is 7.47. The fourth-order valence-corrected chi connectivity index (χ4v) is 7.32. The molecule has 2 N–H and O–H groups in total. The second-order valence-corrected chi connectivity index (χ2v) is 13.7. The smallest absolute Gasteiger partial charge is 0.356 e. The summed E-state index contributed by atoms with van der Waals surface area (Å²) in [6.07, 6.45) is 3.98. The SMILES string of the molecule is CC(C)N(C(C)C)P(O)OCCC#N.CCOP(CCCC1C[C@@H](OC(COC)COC)C(N2C=C(C)ONC2=O)O1)OCC. The van der Waals surface area contributed by atoms with E-state index in [0.717, 1.165) is 19.0 Å². The fourth-order valence-electron chi connectivity index (χ4n) is 4.80. The highest BCUT2D eigenvalue weighted by Gasteiger charge is 2.43. The molecule has 0 aromatic heterocycles. The summed E-state index contributed by atoms with van der Waals surface area (Å²) >= 11 is 0. The summed E-state index contributed by atoms with van der Waals surface area (Å²) in [4.78, 5) is 28.7. The summed E-state index contributed by atoms with van der Waals surface area (Å²) < 4.78 is 41.5. The Morgan fingerprint density at radius 1 is 1.13 bits per heavy atom. The number of carbonyl (C=O) groups excluding carboxylic acids is 1. The summed E-state index contributed by atoms with van der Waals surface area (Å²) in [5.74, 6) is 0.565. The molecule has 0 radical (unpaired) electrons. The molecule has 2 heterocycles. The van der Waals surface area contributed by atoms with Gasteiger partial charge in [0.25, 0.3) is 8.53 Å². The number of nitrogens with zero attached hydrogens (tertiary/aromatic N) is 3. The molecule has 2 aliphatic heterocycles. The number of urea groups is 1. The molecule has 0 saturated carbocycles. The van der Waals surface area contributed by atoms with Crippen molar-refractivity contribution in [2.75, 3.05) is 53.4 Å². The minimum Gasteiger partial charge on any atom is -0.382 e. The third-order valence-electron chi connectivity index (χ3n) is 6.44. The molecule has 14 nitrogen and oxygen atoms in total. The van der Waals surface area contributed by atoms with E-state index in [1.54, 1.807) is 27.3 Å². The van der Waals surface area contributed by atoms with Crippen molar-refractivity contribution in [3.8, 4) is 6.07 Å². The van der Waals surface area contributed by atoms with Crippen LogP contribution >= 0.6 is 16.9 Å². The van der Waals surface area contributed by atoms with Crippen LogP contribution in [0.3, 0.4) is 0 Å². The van der Waals surface area contributed by atoms with Crippen LogP contribution in [0, 0.1) is 11.3 Å². The van der Waals surface area contributed by atoms with E-state index in [2.05, 4.69) is 5.48 Å². The quantitative estimate of drug-likeness (QED) is 0.118. The highest BCUT2D eigenvalue weighted by Crippen LogP contribution is 2.41. The lowest BCUT2D eigenvalue weighted by Gasteiger charge is -2.33. The Bertz CT molecular complexity index is 862. The molecule has 16 heteroatoms. The maximum absolute atomic E-state index is 12.4. The van der Waals surface area contributed by atoms with Gasteiger partial charge in [0.1, 0.15) is 18.0 Å². The minimum atomic E-state index is -1.55. The van der Waals surface area contributed by atoms with E-state index in [-0.39, 0.29) is 30.4 Å². The lowest BCUT2D eigenvalue weighted by Crippen LogP contribution is -2.50. The summed E-state index contributed by atoms with van der Waals surface area (Å²) in [6.45, 7) is 16.1. The molecule has 3 unspecified atom stereocenters. The number of nitrogens with one attached hydrogen (secondary N) is 1. The van der Waals surface area contributed by atoms with Crippen molar-refractivity contribution in [2.24, 2.45) is 0 Å². The Kier molecular flexibility index (Phi) is 22.3. The van der Waals surface area contributed by atoms with Crippen LogP contribution in [-0.2, 0) is 37.4 Å². The van der Waals surface area contributed by atoms with Crippen molar-refractivity contribution in [2.45, 2.75) is 111 Å². The topological polar surface area (TPSA) is 153 Å². The van der Waals surface area contributed by atoms with E-state index in [4.69, 9.17) is 42.6 Å². The maximum Gasteiger partial charge on any atom is 0.356 e. The third-order valence-corrected chi connectivity index (χ3v) is 9.94. The molecule has 2 amide bonds. The molecule has 0 spiro atoms. The van der Waals surface area contributed by atoms with Crippen LogP contribution in [0.2, 0.25) is 0 Å². The zero-order chi connectivity index (χ0) is 33.8. The Morgan fingerprint density at radius 2 is 1.76 bits per heavy atom. The van der Waals surface area contributed by atoms with Gasteiger partial charge in [-0.25, -0.2) is 9.46 Å². The summed E-state index contributed by atoms with van der Waals surface area (Å²) in [5, 5.41) is 8.32. The van der Waals surface area contributed by atoms with Gasteiger partial charge in [0.15, 0.2) is 14.6 Å². The van der Waals surface area contributed by atoms with Crippen molar-refractivity contribution in [3.63, 3.8) is 0 Å². The van der Waals surface area contributed by atoms with Gasteiger partial charge in [0.2, 0.25) is 0 Å². The van der Waals surface area contributed by atoms with Crippen molar-refractivity contribution in [1.82, 2.24) is 15.1 Å². The van der Waals surface area contributed by atoms with Crippen LogP contribution in [0.25, 0.3) is 0 Å². The average Bonchev–Trinajstić information content (AvgIpc) is 3.37. The predicted octanol–water partition coefficient (Wildman–Crippen LogP) is 5.39. The second-order valence-electron chi connectivity index (χ2n) is 10.8. The standard InChI is InChI=1S/C20H37N2O8P.C9H19N2O2P/c1-6-26-31(27-7-2)10-8-9-16-11-18(28-17(13-24-4)14-25-5)19(29-16)22-12-15(3)30-21-20(22)23;1-8(2)11(9(3)4)14(12)13-7-5-6-10/h12,16-19H,6-11,13-14H2,1-5H3,(H,21,23);8-9,12H,5,7H2,1-4H3/t16?,18-,19?;/m1./s1. The predicted molar refractivity (Wildman–Crippen MR) is 173 cm³/mol. The molecule has 1 saturated heterocycles. The van der Waals surface area contributed by atoms with Crippen LogP contribution in [0.1, 0.15) is 74.1 Å². The first-order valence-corrected chi connectivity index (χ1v) is 18.1. The van der Waals surface area contributed by atoms with Gasteiger partial charge in [-0.15, -0.1) is 0 Å². The fraction of sp³-hybridized carbons (Fsp3) is 0.862. The lowest BCUT2D eigenvalue weighted by atomic mass is 10.1. The number of rotatable bonds is 21. The van der Waals surface area contributed by atoms with E-state index < -0.39 is 29.2 Å². The summed E-state index contributed by atoms with van der Waals surface area (Å²) in [6, 6.07) is 2.07.